The van der Waals surface area contributed by atoms with E-state index in [1.54, 1.807) is 17.8 Å². The van der Waals surface area contributed by atoms with E-state index in [4.69, 9.17) is 0 Å². The van der Waals surface area contributed by atoms with Crippen molar-refractivity contribution in [3.05, 3.63) is 70.9 Å². The molecule has 0 unspecified atom stereocenters. The van der Waals surface area contributed by atoms with Crippen LogP contribution in [0, 0.1) is 19.7 Å². The minimum atomic E-state index is -0.373. The summed E-state index contributed by atoms with van der Waals surface area (Å²) in [7, 11) is 0. The molecular weight excluding hydrogens is 293 g/mol. The van der Waals surface area contributed by atoms with Gasteiger partial charge in [-0.3, -0.25) is 14.5 Å². The van der Waals surface area contributed by atoms with Gasteiger partial charge in [-0.2, -0.15) is 5.10 Å². The van der Waals surface area contributed by atoms with Crippen molar-refractivity contribution in [2.45, 2.75) is 20.4 Å². The van der Waals surface area contributed by atoms with Crippen LogP contribution in [0.1, 0.15) is 27.3 Å². The first-order valence-electron chi connectivity index (χ1n) is 7.29. The lowest BCUT2D eigenvalue weighted by Gasteiger charge is -2.09. The number of pyridine rings is 1. The fourth-order valence-electron chi connectivity index (χ4n) is 2.55. The van der Waals surface area contributed by atoms with E-state index in [9.17, 15) is 9.18 Å². The van der Waals surface area contributed by atoms with Crippen molar-refractivity contribution in [1.29, 1.82) is 0 Å². The molecule has 0 amide bonds. The van der Waals surface area contributed by atoms with E-state index in [0.29, 0.717) is 29.2 Å². The van der Waals surface area contributed by atoms with Crippen LogP contribution in [0.4, 0.5) is 4.39 Å². The molecule has 116 valence electrons. The quantitative estimate of drug-likeness (QED) is 0.692. The molecule has 0 bridgehead atoms. The van der Waals surface area contributed by atoms with Gasteiger partial charge in [-0.15, -0.1) is 0 Å². The van der Waals surface area contributed by atoms with Crippen molar-refractivity contribution in [3.63, 3.8) is 0 Å². The number of rotatable bonds is 4. The SMILES string of the molecule is Cc1ncc(-c2c(C)c(C=O)nn2Cc2ccccc2)cc1F. The maximum absolute atomic E-state index is 13.9. The number of aryl methyl sites for hydroxylation is 1. The maximum atomic E-state index is 13.9. The molecule has 2 aromatic heterocycles. The Morgan fingerprint density at radius 3 is 2.61 bits per heavy atom. The van der Waals surface area contributed by atoms with Crippen molar-refractivity contribution in [1.82, 2.24) is 14.8 Å². The Labute approximate surface area is 133 Å². The molecular formula is C18H16FN3O. The lowest BCUT2D eigenvalue weighted by molar-refractivity contribution is 0.111. The van der Waals surface area contributed by atoms with Crippen LogP contribution in [0.15, 0.2) is 42.6 Å². The Morgan fingerprint density at radius 1 is 1.22 bits per heavy atom. The van der Waals surface area contributed by atoms with Gasteiger partial charge in [-0.05, 0) is 25.5 Å². The number of hydrogen-bond donors (Lipinski definition) is 0. The molecule has 0 aliphatic heterocycles. The first-order valence-corrected chi connectivity index (χ1v) is 7.29. The van der Waals surface area contributed by atoms with Crippen molar-refractivity contribution in [3.8, 4) is 11.3 Å². The summed E-state index contributed by atoms with van der Waals surface area (Å²) in [5.41, 5.74) is 3.80. The van der Waals surface area contributed by atoms with Gasteiger partial charge in [0.1, 0.15) is 11.5 Å². The van der Waals surface area contributed by atoms with Gasteiger partial charge < -0.3 is 0 Å². The van der Waals surface area contributed by atoms with Gasteiger partial charge in [-0.1, -0.05) is 30.3 Å². The molecule has 0 N–H and O–H groups in total. The molecule has 2 heterocycles. The van der Waals surface area contributed by atoms with Crippen LogP contribution in [0.25, 0.3) is 11.3 Å². The highest BCUT2D eigenvalue weighted by Gasteiger charge is 2.17. The smallest absolute Gasteiger partial charge is 0.170 e. The topological polar surface area (TPSA) is 47.8 Å². The summed E-state index contributed by atoms with van der Waals surface area (Å²) in [6.07, 6.45) is 2.33. The predicted molar refractivity (Wildman–Crippen MR) is 85.8 cm³/mol. The summed E-state index contributed by atoms with van der Waals surface area (Å²) in [5, 5.41) is 4.35. The number of nitrogens with zero attached hydrogens (tertiary/aromatic N) is 3. The zero-order valence-electron chi connectivity index (χ0n) is 13.0. The normalized spacial score (nSPS) is 10.7. The molecule has 3 aromatic rings. The number of benzene rings is 1. The largest absolute Gasteiger partial charge is 0.296 e. The van der Waals surface area contributed by atoms with Gasteiger partial charge >= 0.3 is 0 Å². The monoisotopic (exact) mass is 309 g/mol. The van der Waals surface area contributed by atoms with Crippen LogP contribution in [0.2, 0.25) is 0 Å². The summed E-state index contributed by atoms with van der Waals surface area (Å²) in [6, 6.07) is 11.2. The van der Waals surface area contributed by atoms with Crippen molar-refractivity contribution in [2.75, 3.05) is 0 Å². The molecule has 0 fully saturated rings. The number of halogens is 1. The van der Waals surface area contributed by atoms with Gasteiger partial charge in [0.25, 0.3) is 0 Å². The van der Waals surface area contributed by atoms with E-state index in [1.807, 2.05) is 37.3 Å². The molecule has 0 saturated heterocycles. The molecule has 0 aliphatic carbocycles. The molecule has 3 rings (SSSR count). The number of hydrogen-bond acceptors (Lipinski definition) is 3. The summed E-state index contributed by atoms with van der Waals surface area (Å²) in [5.74, 6) is -0.373. The van der Waals surface area contributed by atoms with Gasteiger partial charge in [0.05, 0.1) is 17.9 Å². The highest BCUT2D eigenvalue weighted by atomic mass is 19.1. The van der Waals surface area contributed by atoms with Crippen LogP contribution in [0.5, 0.6) is 0 Å². The van der Waals surface area contributed by atoms with Crippen LogP contribution >= 0.6 is 0 Å². The van der Waals surface area contributed by atoms with E-state index < -0.39 is 0 Å². The van der Waals surface area contributed by atoms with Gasteiger partial charge in [0, 0.05) is 17.3 Å². The fourth-order valence-corrected chi connectivity index (χ4v) is 2.55. The minimum Gasteiger partial charge on any atom is -0.296 e. The van der Waals surface area contributed by atoms with Crippen molar-refractivity contribution in [2.24, 2.45) is 0 Å². The average molecular weight is 309 g/mol. The van der Waals surface area contributed by atoms with Crippen LogP contribution in [0.3, 0.4) is 0 Å². The number of aromatic nitrogens is 3. The lowest BCUT2D eigenvalue weighted by Crippen LogP contribution is -2.05. The van der Waals surface area contributed by atoms with E-state index in [-0.39, 0.29) is 5.82 Å². The lowest BCUT2D eigenvalue weighted by atomic mass is 10.1. The molecule has 23 heavy (non-hydrogen) atoms. The Morgan fingerprint density at radius 2 is 1.96 bits per heavy atom. The second kappa shape index (κ2) is 6.12. The molecule has 0 atom stereocenters. The summed E-state index contributed by atoms with van der Waals surface area (Å²) >= 11 is 0. The van der Waals surface area contributed by atoms with Crippen molar-refractivity contribution < 1.29 is 9.18 Å². The number of carbonyl (C=O) groups is 1. The Balaban J connectivity index is 2.12. The van der Waals surface area contributed by atoms with Crippen LogP contribution < -0.4 is 0 Å². The first-order chi connectivity index (χ1) is 11.1. The molecule has 0 aliphatic rings. The standard InChI is InChI=1S/C18H16FN3O/c1-12-17(11-23)21-22(10-14-6-4-3-5-7-14)18(12)15-8-16(19)13(2)20-9-15/h3-9,11H,10H2,1-2H3. The fraction of sp³-hybridized carbons (Fsp3) is 0.167. The Bertz CT molecular complexity index is 856. The average Bonchev–Trinajstić information content (AvgIpc) is 2.87. The van der Waals surface area contributed by atoms with Gasteiger partial charge in [0.2, 0.25) is 0 Å². The third-order valence-corrected chi connectivity index (χ3v) is 3.81. The minimum absolute atomic E-state index is 0.344. The molecule has 4 nitrogen and oxygen atoms in total. The Hall–Kier alpha value is -2.82. The zero-order chi connectivity index (χ0) is 16.4. The second-order valence-corrected chi connectivity index (χ2v) is 5.41. The molecule has 5 heteroatoms. The molecule has 0 saturated carbocycles. The third-order valence-electron chi connectivity index (χ3n) is 3.81. The van der Waals surface area contributed by atoms with Crippen LogP contribution in [-0.4, -0.2) is 21.1 Å². The third kappa shape index (κ3) is 2.90. The zero-order valence-corrected chi connectivity index (χ0v) is 13.0. The first kappa shape index (κ1) is 15.1. The summed E-state index contributed by atoms with van der Waals surface area (Å²) < 4.78 is 15.6. The molecule has 1 aromatic carbocycles. The van der Waals surface area contributed by atoms with Crippen molar-refractivity contribution >= 4 is 6.29 Å². The van der Waals surface area contributed by atoms with Crippen LogP contribution in [-0.2, 0) is 6.54 Å². The molecule has 0 radical (unpaired) electrons. The second-order valence-electron chi connectivity index (χ2n) is 5.41. The van der Waals surface area contributed by atoms with E-state index in [0.717, 1.165) is 17.4 Å². The van der Waals surface area contributed by atoms with E-state index >= 15 is 0 Å². The number of carbonyl (C=O) groups excluding carboxylic acids is 1. The predicted octanol–water partition coefficient (Wildman–Crippen LogP) is 3.56. The Kier molecular flexibility index (Phi) is 4.02. The highest BCUT2D eigenvalue weighted by Crippen LogP contribution is 2.26. The summed E-state index contributed by atoms with van der Waals surface area (Å²) in [6.45, 7) is 3.93. The van der Waals surface area contributed by atoms with E-state index in [2.05, 4.69) is 10.1 Å². The maximum Gasteiger partial charge on any atom is 0.170 e. The highest BCUT2D eigenvalue weighted by molar-refractivity contribution is 5.79. The molecule has 0 spiro atoms. The summed E-state index contributed by atoms with van der Waals surface area (Å²) in [4.78, 5) is 15.3. The van der Waals surface area contributed by atoms with Gasteiger partial charge in [0.15, 0.2) is 6.29 Å². The van der Waals surface area contributed by atoms with Gasteiger partial charge in [-0.25, -0.2) is 4.39 Å². The number of aldehydes is 1. The van der Waals surface area contributed by atoms with E-state index in [1.165, 1.54) is 6.07 Å².